The van der Waals surface area contributed by atoms with Crippen LogP contribution in [0.2, 0.25) is 0 Å². The smallest absolute Gasteiger partial charge is 0.00853 e. The van der Waals surface area contributed by atoms with Gasteiger partial charge in [0.1, 0.15) is 0 Å². The summed E-state index contributed by atoms with van der Waals surface area (Å²) in [5.74, 6) is 1.63. The van der Waals surface area contributed by atoms with E-state index in [0.717, 1.165) is 18.4 Å². The van der Waals surface area contributed by atoms with Gasteiger partial charge in [-0.1, -0.05) is 0 Å². The molecule has 2 N–H and O–H groups in total. The summed E-state index contributed by atoms with van der Waals surface area (Å²) < 4.78 is 0. The number of aryl methyl sites for hydroxylation is 2. The fourth-order valence-electron chi connectivity index (χ4n) is 2.55. The SMILES string of the molecule is NCC1CC1c1cc2c(s1)CCCC2. The third-order valence-corrected chi connectivity index (χ3v) is 4.98. The maximum atomic E-state index is 5.69. The molecule has 0 bridgehead atoms. The Balaban J connectivity index is 1.83. The summed E-state index contributed by atoms with van der Waals surface area (Å²) in [6.45, 7) is 0.882. The predicted octanol–water partition coefficient (Wildman–Crippen LogP) is 2.69. The van der Waals surface area contributed by atoms with Crippen LogP contribution in [0.3, 0.4) is 0 Å². The zero-order chi connectivity index (χ0) is 9.54. The van der Waals surface area contributed by atoms with Gasteiger partial charge in [-0.05, 0) is 62.1 Å². The zero-order valence-corrected chi connectivity index (χ0v) is 9.28. The number of rotatable bonds is 2. The van der Waals surface area contributed by atoms with E-state index in [0.29, 0.717) is 0 Å². The summed E-state index contributed by atoms with van der Waals surface area (Å²) in [5, 5.41) is 0. The Labute approximate surface area is 89.3 Å². The third-order valence-electron chi connectivity index (χ3n) is 3.61. The second-order valence-electron chi connectivity index (χ2n) is 4.64. The van der Waals surface area contributed by atoms with Crippen molar-refractivity contribution in [3.05, 3.63) is 21.4 Å². The molecule has 0 amide bonds. The van der Waals surface area contributed by atoms with E-state index in [1.165, 1.54) is 32.1 Å². The van der Waals surface area contributed by atoms with E-state index < -0.39 is 0 Å². The topological polar surface area (TPSA) is 26.0 Å². The minimum Gasteiger partial charge on any atom is -0.330 e. The summed E-state index contributed by atoms with van der Waals surface area (Å²) >= 11 is 2.07. The zero-order valence-electron chi connectivity index (χ0n) is 8.46. The molecule has 14 heavy (non-hydrogen) atoms. The van der Waals surface area contributed by atoms with E-state index in [1.54, 1.807) is 15.3 Å². The standard InChI is InChI=1S/C12H17NS/c13-7-9-5-10(9)12-6-8-3-1-2-4-11(8)14-12/h6,9-10H,1-5,7,13H2. The van der Waals surface area contributed by atoms with Gasteiger partial charge in [-0.3, -0.25) is 0 Å². The van der Waals surface area contributed by atoms with Crippen LogP contribution in [0, 0.1) is 5.92 Å². The highest BCUT2D eigenvalue weighted by Crippen LogP contribution is 2.50. The van der Waals surface area contributed by atoms with E-state index in [2.05, 4.69) is 17.4 Å². The van der Waals surface area contributed by atoms with Crippen LogP contribution in [0.1, 0.15) is 40.5 Å². The van der Waals surface area contributed by atoms with Crippen molar-refractivity contribution in [1.82, 2.24) is 0 Å². The Morgan fingerprint density at radius 3 is 2.93 bits per heavy atom. The van der Waals surface area contributed by atoms with E-state index in [1.807, 2.05) is 0 Å². The molecule has 76 valence electrons. The fourth-order valence-corrected chi connectivity index (χ4v) is 4.02. The van der Waals surface area contributed by atoms with Crippen molar-refractivity contribution in [2.24, 2.45) is 11.7 Å². The molecular formula is C12H17NS. The maximum absolute atomic E-state index is 5.69. The molecule has 0 aromatic carbocycles. The Bertz CT molecular complexity index is 319. The van der Waals surface area contributed by atoms with Crippen molar-refractivity contribution in [3.63, 3.8) is 0 Å². The molecule has 1 fully saturated rings. The first-order valence-electron chi connectivity index (χ1n) is 5.70. The normalized spacial score (nSPS) is 30.1. The van der Waals surface area contributed by atoms with Crippen LogP contribution in [-0.4, -0.2) is 6.54 Å². The van der Waals surface area contributed by atoms with Gasteiger partial charge in [0.15, 0.2) is 0 Å². The van der Waals surface area contributed by atoms with Gasteiger partial charge in [0.2, 0.25) is 0 Å². The second kappa shape index (κ2) is 3.35. The molecule has 2 aliphatic rings. The van der Waals surface area contributed by atoms with Gasteiger partial charge < -0.3 is 5.73 Å². The Morgan fingerprint density at radius 2 is 2.21 bits per heavy atom. The minimum absolute atomic E-state index is 0.801. The van der Waals surface area contributed by atoms with Gasteiger partial charge in [0.25, 0.3) is 0 Å². The molecular weight excluding hydrogens is 190 g/mol. The number of fused-ring (bicyclic) bond motifs is 1. The summed E-state index contributed by atoms with van der Waals surface area (Å²) in [4.78, 5) is 3.31. The first kappa shape index (κ1) is 8.93. The molecule has 1 heterocycles. The maximum Gasteiger partial charge on any atom is 0.00853 e. The summed E-state index contributed by atoms with van der Waals surface area (Å²) in [6, 6.07) is 2.47. The van der Waals surface area contributed by atoms with Gasteiger partial charge >= 0.3 is 0 Å². The first-order chi connectivity index (χ1) is 6.88. The van der Waals surface area contributed by atoms with Crippen LogP contribution in [0.25, 0.3) is 0 Å². The minimum atomic E-state index is 0.801. The van der Waals surface area contributed by atoms with Gasteiger partial charge in [-0.15, -0.1) is 11.3 Å². The monoisotopic (exact) mass is 207 g/mol. The molecule has 1 nitrogen and oxygen atoms in total. The van der Waals surface area contributed by atoms with Crippen molar-refractivity contribution < 1.29 is 0 Å². The van der Waals surface area contributed by atoms with Crippen molar-refractivity contribution in [1.29, 1.82) is 0 Å². The number of hydrogen-bond acceptors (Lipinski definition) is 2. The summed E-state index contributed by atoms with van der Waals surface area (Å²) in [7, 11) is 0. The van der Waals surface area contributed by atoms with Crippen molar-refractivity contribution in [2.45, 2.75) is 38.0 Å². The molecule has 0 aliphatic heterocycles. The largest absolute Gasteiger partial charge is 0.330 e. The average molecular weight is 207 g/mol. The predicted molar refractivity (Wildman–Crippen MR) is 60.9 cm³/mol. The number of hydrogen-bond donors (Lipinski definition) is 1. The molecule has 2 heteroatoms. The highest BCUT2D eigenvalue weighted by Gasteiger charge is 2.38. The summed E-state index contributed by atoms with van der Waals surface area (Å²) in [6.07, 6.45) is 6.80. The van der Waals surface area contributed by atoms with Crippen molar-refractivity contribution >= 4 is 11.3 Å². The molecule has 1 aromatic heterocycles. The Hall–Kier alpha value is -0.340. The molecule has 1 aromatic rings. The second-order valence-corrected chi connectivity index (χ2v) is 5.81. The lowest BCUT2D eigenvalue weighted by molar-refractivity contribution is 0.697. The van der Waals surface area contributed by atoms with Crippen LogP contribution in [0.15, 0.2) is 6.07 Å². The molecule has 2 aliphatic carbocycles. The van der Waals surface area contributed by atoms with E-state index in [-0.39, 0.29) is 0 Å². The van der Waals surface area contributed by atoms with Crippen molar-refractivity contribution in [3.8, 4) is 0 Å². The molecule has 0 saturated heterocycles. The first-order valence-corrected chi connectivity index (χ1v) is 6.51. The Morgan fingerprint density at radius 1 is 1.36 bits per heavy atom. The lowest BCUT2D eigenvalue weighted by Crippen LogP contribution is -2.01. The van der Waals surface area contributed by atoms with E-state index in [9.17, 15) is 0 Å². The van der Waals surface area contributed by atoms with Crippen LogP contribution in [0.5, 0.6) is 0 Å². The van der Waals surface area contributed by atoms with Crippen LogP contribution in [-0.2, 0) is 12.8 Å². The van der Waals surface area contributed by atoms with Crippen LogP contribution < -0.4 is 5.73 Å². The average Bonchev–Trinajstić information content (AvgIpc) is 2.89. The molecule has 2 unspecified atom stereocenters. The third kappa shape index (κ3) is 1.41. The van der Waals surface area contributed by atoms with Crippen LogP contribution >= 0.6 is 11.3 Å². The fraction of sp³-hybridized carbons (Fsp3) is 0.667. The van der Waals surface area contributed by atoms with Crippen molar-refractivity contribution in [2.75, 3.05) is 6.54 Å². The number of nitrogens with two attached hydrogens (primary N) is 1. The van der Waals surface area contributed by atoms with Gasteiger partial charge in [0.05, 0.1) is 0 Å². The number of thiophene rings is 1. The lowest BCUT2D eigenvalue weighted by atomic mass is 9.99. The van der Waals surface area contributed by atoms with E-state index in [4.69, 9.17) is 5.73 Å². The van der Waals surface area contributed by atoms with E-state index >= 15 is 0 Å². The van der Waals surface area contributed by atoms with Gasteiger partial charge in [0, 0.05) is 9.75 Å². The Kier molecular flexibility index (Phi) is 2.14. The van der Waals surface area contributed by atoms with Gasteiger partial charge in [-0.2, -0.15) is 0 Å². The highest BCUT2D eigenvalue weighted by atomic mass is 32.1. The quantitative estimate of drug-likeness (QED) is 0.793. The highest BCUT2D eigenvalue weighted by molar-refractivity contribution is 7.12. The molecule has 3 rings (SSSR count). The summed E-state index contributed by atoms with van der Waals surface area (Å²) in [5.41, 5.74) is 7.34. The molecule has 0 spiro atoms. The lowest BCUT2D eigenvalue weighted by Gasteiger charge is -2.08. The van der Waals surface area contributed by atoms with Gasteiger partial charge in [-0.25, -0.2) is 0 Å². The molecule has 1 saturated carbocycles. The molecule has 0 radical (unpaired) electrons. The van der Waals surface area contributed by atoms with Crippen LogP contribution in [0.4, 0.5) is 0 Å². The molecule has 2 atom stereocenters.